The second-order valence-corrected chi connectivity index (χ2v) is 7.39. The monoisotopic (exact) mass is 458 g/mol. The molecule has 4 aromatic rings. The average molecular weight is 458 g/mol. The molecule has 0 saturated carbocycles. The number of carbonyl (C=O) groups excluding carboxylic acids is 3. The maximum absolute atomic E-state index is 13.2. The fraction of sp³-hybridized carbons (Fsp3) is 0.120. The lowest BCUT2D eigenvalue weighted by atomic mass is 10.1. The summed E-state index contributed by atoms with van der Waals surface area (Å²) in [6, 6.07) is 17.3. The van der Waals surface area contributed by atoms with Crippen LogP contribution in [-0.2, 0) is 9.47 Å². The molecule has 0 unspecified atom stereocenters. The third-order valence-electron chi connectivity index (χ3n) is 5.35. The van der Waals surface area contributed by atoms with Crippen molar-refractivity contribution in [2.45, 2.75) is 0 Å². The fourth-order valence-electron chi connectivity index (χ4n) is 3.46. The number of anilines is 2. The van der Waals surface area contributed by atoms with Gasteiger partial charge in [0.05, 0.1) is 37.2 Å². The maximum Gasteiger partial charge on any atom is 0.411 e. The molecule has 4 rings (SSSR count). The van der Waals surface area contributed by atoms with E-state index in [-0.39, 0.29) is 5.91 Å². The van der Waals surface area contributed by atoms with Gasteiger partial charge in [0.15, 0.2) is 0 Å². The van der Waals surface area contributed by atoms with Crippen molar-refractivity contribution in [3.8, 4) is 11.3 Å². The second-order valence-electron chi connectivity index (χ2n) is 7.39. The lowest BCUT2D eigenvalue weighted by molar-refractivity contribution is 0.0600. The highest BCUT2D eigenvalue weighted by atomic mass is 16.5. The normalized spacial score (nSPS) is 10.6. The highest BCUT2D eigenvalue weighted by Gasteiger charge is 2.16. The van der Waals surface area contributed by atoms with E-state index in [1.165, 1.54) is 19.1 Å². The molecule has 0 bridgehead atoms. The van der Waals surface area contributed by atoms with Crippen LogP contribution >= 0.6 is 0 Å². The Bertz CT molecular complexity index is 1360. The largest absolute Gasteiger partial charge is 0.465 e. The molecule has 2 heterocycles. The van der Waals surface area contributed by atoms with Crippen molar-refractivity contribution in [1.29, 1.82) is 0 Å². The van der Waals surface area contributed by atoms with E-state index < -0.39 is 12.1 Å². The summed E-state index contributed by atoms with van der Waals surface area (Å²) in [5.41, 5.74) is 4.45. The minimum absolute atomic E-state index is 0.218. The fourth-order valence-corrected chi connectivity index (χ4v) is 3.46. The van der Waals surface area contributed by atoms with Gasteiger partial charge in [0.1, 0.15) is 5.65 Å². The van der Waals surface area contributed by atoms with Gasteiger partial charge in [0.25, 0.3) is 5.91 Å². The van der Waals surface area contributed by atoms with E-state index in [1.807, 2.05) is 16.5 Å². The molecule has 0 aliphatic carbocycles. The quantitative estimate of drug-likeness (QED) is 0.449. The number of esters is 1. The van der Waals surface area contributed by atoms with Crippen molar-refractivity contribution in [2.75, 3.05) is 31.5 Å². The van der Waals surface area contributed by atoms with Crippen molar-refractivity contribution >= 4 is 35.0 Å². The third kappa shape index (κ3) is 4.44. The number of imidazole rings is 1. The number of nitrogens with one attached hydrogen (secondary N) is 1. The molecule has 0 aliphatic heterocycles. The Morgan fingerprint density at radius 3 is 2.21 bits per heavy atom. The van der Waals surface area contributed by atoms with Crippen molar-refractivity contribution in [3.63, 3.8) is 0 Å². The van der Waals surface area contributed by atoms with Gasteiger partial charge in [0, 0.05) is 30.2 Å². The zero-order valence-corrected chi connectivity index (χ0v) is 18.8. The first kappa shape index (κ1) is 22.5. The number of benzene rings is 2. The lowest BCUT2D eigenvalue weighted by Gasteiger charge is -2.18. The Morgan fingerprint density at radius 1 is 0.882 bits per heavy atom. The summed E-state index contributed by atoms with van der Waals surface area (Å²) in [7, 11) is 4.29. The van der Waals surface area contributed by atoms with Crippen LogP contribution in [0, 0.1) is 0 Å². The summed E-state index contributed by atoms with van der Waals surface area (Å²) in [5.74, 6) is -0.655. The minimum atomic E-state index is -0.547. The van der Waals surface area contributed by atoms with Gasteiger partial charge in [0.2, 0.25) is 0 Å². The average Bonchev–Trinajstić information content (AvgIpc) is 3.31. The number of pyridine rings is 1. The predicted octanol–water partition coefficient (Wildman–Crippen LogP) is 4.24. The molecule has 0 saturated heterocycles. The van der Waals surface area contributed by atoms with Crippen LogP contribution in [0.4, 0.5) is 16.2 Å². The SMILES string of the molecule is COC(=O)Nc1ccc(-c2cnc3ccc(C(=O)N(C)c4ccc(C(=O)OC)cc4)cn23)cc1. The Kier molecular flexibility index (Phi) is 6.26. The number of rotatable bonds is 5. The maximum atomic E-state index is 13.2. The Morgan fingerprint density at radius 2 is 1.56 bits per heavy atom. The topological polar surface area (TPSA) is 102 Å². The molecule has 0 atom stereocenters. The predicted molar refractivity (Wildman–Crippen MR) is 127 cm³/mol. The number of aromatic nitrogens is 2. The first-order valence-corrected chi connectivity index (χ1v) is 10.3. The van der Waals surface area contributed by atoms with Crippen LogP contribution in [0.1, 0.15) is 20.7 Å². The van der Waals surface area contributed by atoms with Crippen LogP contribution in [0.5, 0.6) is 0 Å². The zero-order valence-electron chi connectivity index (χ0n) is 18.8. The van der Waals surface area contributed by atoms with Crippen molar-refractivity contribution in [3.05, 3.63) is 84.2 Å². The summed E-state index contributed by atoms with van der Waals surface area (Å²) in [6.45, 7) is 0. The van der Waals surface area contributed by atoms with Gasteiger partial charge >= 0.3 is 12.1 Å². The molecule has 0 radical (unpaired) electrons. The van der Waals surface area contributed by atoms with E-state index in [1.54, 1.807) is 68.0 Å². The molecular weight excluding hydrogens is 436 g/mol. The number of methoxy groups -OCH3 is 2. The first-order chi connectivity index (χ1) is 16.4. The van der Waals surface area contributed by atoms with Crippen molar-refractivity contribution in [2.24, 2.45) is 0 Å². The van der Waals surface area contributed by atoms with Crippen LogP contribution in [0.15, 0.2) is 73.1 Å². The van der Waals surface area contributed by atoms with E-state index in [9.17, 15) is 14.4 Å². The lowest BCUT2D eigenvalue weighted by Crippen LogP contribution is -2.26. The van der Waals surface area contributed by atoms with Gasteiger partial charge in [-0.2, -0.15) is 0 Å². The molecule has 0 aliphatic rings. The third-order valence-corrected chi connectivity index (χ3v) is 5.35. The number of hydrogen-bond acceptors (Lipinski definition) is 6. The van der Waals surface area contributed by atoms with Gasteiger partial charge in [-0.15, -0.1) is 0 Å². The second kappa shape index (κ2) is 9.45. The van der Waals surface area contributed by atoms with Gasteiger partial charge in [-0.1, -0.05) is 12.1 Å². The smallest absolute Gasteiger partial charge is 0.411 e. The highest BCUT2D eigenvalue weighted by molar-refractivity contribution is 6.06. The van der Waals surface area contributed by atoms with Gasteiger partial charge in [-0.05, 0) is 48.5 Å². The Hall–Kier alpha value is -4.66. The molecule has 172 valence electrons. The van der Waals surface area contributed by atoms with Crippen LogP contribution in [0.2, 0.25) is 0 Å². The van der Waals surface area contributed by atoms with E-state index in [0.717, 1.165) is 11.3 Å². The van der Waals surface area contributed by atoms with E-state index in [4.69, 9.17) is 4.74 Å². The van der Waals surface area contributed by atoms with Gasteiger partial charge in [-0.3, -0.25) is 14.5 Å². The van der Waals surface area contributed by atoms with Crippen molar-refractivity contribution in [1.82, 2.24) is 9.38 Å². The molecule has 2 aromatic carbocycles. The first-order valence-electron chi connectivity index (χ1n) is 10.3. The highest BCUT2D eigenvalue weighted by Crippen LogP contribution is 2.24. The zero-order chi connectivity index (χ0) is 24.2. The standard InChI is InChI=1S/C25H22N4O5/c1-28(20-11-6-17(7-12-20)24(31)33-2)23(30)18-8-13-22-26-14-21(29(22)15-18)16-4-9-19(10-5-16)27-25(32)34-3/h4-15H,1-3H3,(H,27,32). The number of nitrogens with zero attached hydrogens (tertiary/aromatic N) is 3. The number of hydrogen-bond donors (Lipinski definition) is 1. The summed E-state index contributed by atoms with van der Waals surface area (Å²) >= 11 is 0. The van der Waals surface area contributed by atoms with E-state index in [2.05, 4.69) is 15.0 Å². The molecule has 9 nitrogen and oxygen atoms in total. The molecule has 9 heteroatoms. The van der Waals surface area contributed by atoms with E-state index in [0.29, 0.717) is 28.1 Å². The summed E-state index contributed by atoms with van der Waals surface area (Å²) in [6.07, 6.45) is 2.91. The number of fused-ring (bicyclic) bond motifs is 1. The van der Waals surface area contributed by atoms with Crippen LogP contribution in [0.3, 0.4) is 0 Å². The number of ether oxygens (including phenoxy) is 2. The van der Waals surface area contributed by atoms with E-state index >= 15 is 0 Å². The molecule has 2 amide bonds. The molecule has 2 aromatic heterocycles. The summed E-state index contributed by atoms with van der Waals surface area (Å²) < 4.78 is 11.1. The molecule has 34 heavy (non-hydrogen) atoms. The van der Waals surface area contributed by atoms with Crippen LogP contribution in [-0.4, -0.2) is 48.6 Å². The molecule has 0 fully saturated rings. The number of carbonyl (C=O) groups is 3. The Labute approximate surface area is 195 Å². The van der Waals surface area contributed by atoms with Crippen LogP contribution in [0.25, 0.3) is 16.9 Å². The number of amides is 2. The molecular formula is C25H22N4O5. The molecule has 1 N–H and O–H groups in total. The van der Waals surface area contributed by atoms with Crippen molar-refractivity contribution < 1.29 is 23.9 Å². The summed E-state index contributed by atoms with van der Waals surface area (Å²) in [5, 5.41) is 2.61. The molecule has 0 spiro atoms. The minimum Gasteiger partial charge on any atom is -0.465 e. The Balaban J connectivity index is 1.60. The van der Waals surface area contributed by atoms with Crippen LogP contribution < -0.4 is 10.2 Å². The van der Waals surface area contributed by atoms with Gasteiger partial charge < -0.3 is 14.4 Å². The summed E-state index contributed by atoms with van der Waals surface area (Å²) in [4.78, 5) is 42.1. The van der Waals surface area contributed by atoms with Gasteiger partial charge in [-0.25, -0.2) is 14.6 Å².